The molecule has 5 N–H and O–H groups in total. The van der Waals surface area contributed by atoms with E-state index >= 15 is 0 Å². The monoisotopic (exact) mass is 504 g/mol. The standard InChI is InChI=1S/C25H36N4O5S/c1-18(2)15-29(35(31,32)22-10-8-20(26)9-11-22)16-23(27)24(14-19-6-4-3-5-7-19)28-25(30)34-21-12-13-33-17-21/h3-11,18,21,23-24H,12-17,26-27H2,1-2H3,(H,28,30). The summed E-state index contributed by atoms with van der Waals surface area (Å²) < 4.78 is 39.0. The Kier molecular flexibility index (Phi) is 9.50. The van der Waals surface area contributed by atoms with Crippen LogP contribution in [0.4, 0.5) is 10.5 Å². The van der Waals surface area contributed by atoms with Gasteiger partial charge in [-0.3, -0.25) is 0 Å². The highest BCUT2D eigenvalue weighted by Gasteiger charge is 2.31. The number of sulfonamides is 1. The minimum atomic E-state index is -3.82. The van der Waals surface area contributed by atoms with Gasteiger partial charge in [-0.05, 0) is 42.2 Å². The first-order chi connectivity index (χ1) is 16.6. The van der Waals surface area contributed by atoms with Crippen LogP contribution in [-0.2, 0) is 25.9 Å². The number of nitrogens with one attached hydrogen (secondary N) is 1. The SMILES string of the molecule is CC(C)CN(CC(N)C(Cc1ccccc1)NC(=O)OC1CCOC1)S(=O)(=O)c1ccc(N)cc1. The Labute approximate surface area is 207 Å². The van der Waals surface area contributed by atoms with Crippen LogP contribution < -0.4 is 16.8 Å². The Bertz CT molecular complexity index is 1040. The van der Waals surface area contributed by atoms with E-state index in [0.29, 0.717) is 31.7 Å². The molecule has 1 aliphatic rings. The zero-order valence-corrected chi connectivity index (χ0v) is 21.1. The number of benzene rings is 2. The molecule has 3 rings (SSSR count). The quantitative estimate of drug-likeness (QED) is 0.400. The fraction of sp³-hybridized carbons (Fsp3) is 0.480. The summed E-state index contributed by atoms with van der Waals surface area (Å²) in [6, 6.07) is 14.5. The van der Waals surface area contributed by atoms with Crippen LogP contribution in [0.25, 0.3) is 0 Å². The molecular formula is C25H36N4O5S. The zero-order chi connectivity index (χ0) is 25.4. The van der Waals surface area contributed by atoms with Gasteiger partial charge in [0.2, 0.25) is 10.0 Å². The lowest BCUT2D eigenvalue weighted by molar-refractivity contribution is 0.0797. The molecule has 1 saturated heterocycles. The highest BCUT2D eigenvalue weighted by molar-refractivity contribution is 7.89. The molecule has 0 aliphatic carbocycles. The molecule has 192 valence electrons. The van der Waals surface area contributed by atoms with Gasteiger partial charge >= 0.3 is 6.09 Å². The molecule has 0 radical (unpaired) electrons. The van der Waals surface area contributed by atoms with E-state index in [9.17, 15) is 13.2 Å². The third-order valence-electron chi connectivity index (χ3n) is 5.78. The number of anilines is 1. The highest BCUT2D eigenvalue weighted by Crippen LogP contribution is 2.20. The van der Waals surface area contributed by atoms with Crippen molar-refractivity contribution in [3.63, 3.8) is 0 Å². The minimum Gasteiger partial charge on any atom is -0.444 e. The molecule has 0 aromatic heterocycles. The van der Waals surface area contributed by atoms with Gasteiger partial charge in [-0.15, -0.1) is 0 Å². The Balaban J connectivity index is 1.80. The molecule has 0 spiro atoms. The molecule has 2 aromatic rings. The molecule has 10 heteroatoms. The van der Waals surface area contributed by atoms with Crippen molar-refractivity contribution in [2.45, 2.75) is 49.8 Å². The lowest BCUT2D eigenvalue weighted by Gasteiger charge is -2.31. The Morgan fingerprint density at radius 1 is 1.14 bits per heavy atom. The molecule has 1 heterocycles. The summed E-state index contributed by atoms with van der Waals surface area (Å²) in [5, 5.41) is 2.87. The van der Waals surface area contributed by atoms with E-state index in [4.69, 9.17) is 20.9 Å². The van der Waals surface area contributed by atoms with Crippen LogP contribution in [0.5, 0.6) is 0 Å². The molecule has 9 nitrogen and oxygen atoms in total. The number of rotatable bonds is 11. The van der Waals surface area contributed by atoms with Gasteiger partial charge in [0.15, 0.2) is 0 Å². The summed E-state index contributed by atoms with van der Waals surface area (Å²) in [4.78, 5) is 12.8. The van der Waals surface area contributed by atoms with E-state index in [-0.39, 0.29) is 30.0 Å². The summed E-state index contributed by atoms with van der Waals surface area (Å²) in [6.07, 6.45) is 0.182. The summed E-state index contributed by atoms with van der Waals surface area (Å²) in [6.45, 7) is 5.11. The number of ether oxygens (including phenoxy) is 2. The number of hydrogen-bond acceptors (Lipinski definition) is 7. The number of alkyl carbamates (subject to hydrolysis) is 1. The maximum absolute atomic E-state index is 13.5. The number of nitrogens with zero attached hydrogens (tertiary/aromatic N) is 1. The molecular weight excluding hydrogens is 468 g/mol. The van der Waals surface area contributed by atoms with Crippen LogP contribution in [0.1, 0.15) is 25.8 Å². The van der Waals surface area contributed by atoms with E-state index in [0.717, 1.165) is 5.56 Å². The Morgan fingerprint density at radius 3 is 2.43 bits per heavy atom. The third kappa shape index (κ3) is 7.93. The average molecular weight is 505 g/mol. The Hall–Kier alpha value is -2.66. The van der Waals surface area contributed by atoms with Crippen LogP contribution >= 0.6 is 0 Å². The van der Waals surface area contributed by atoms with Gasteiger partial charge in [0.25, 0.3) is 0 Å². The number of nitrogen functional groups attached to an aromatic ring is 1. The van der Waals surface area contributed by atoms with Crippen molar-refractivity contribution < 1.29 is 22.7 Å². The van der Waals surface area contributed by atoms with Crippen molar-refractivity contribution in [2.24, 2.45) is 11.7 Å². The number of carbonyl (C=O) groups excluding carboxylic acids is 1. The predicted octanol–water partition coefficient (Wildman–Crippen LogP) is 2.37. The van der Waals surface area contributed by atoms with Crippen LogP contribution in [0.15, 0.2) is 59.5 Å². The predicted molar refractivity (Wildman–Crippen MR) is 135 cm³/mol. The number of nitrogens with two attached hydrogens (primary N) is 2. The van der Waals surface area contributed by atoms with E-state index in [1.165, 1.54) is 16.4 Å². The molecule has 3 unspecified atom stereocenters. The van der Waals surface area contributed by atoms with Crippen molar-refractivity contribution >= 4 is 21.8 Å². The first kappa shape index (κ1) is 26.9. The lowest BCUT2D eigenvalue weighted by atomic mass is 9.99. The van der Waals surface area contributed by atoms with Crippen LogP contribution in [0, 0.1) is 5.92 Å². The van der Waals surface area contributed by atoms with Gasteiger partial charge in [-0.25, -0.2) is 13.2 Å². The fourth-order valence-corrected chi connectivity index (χ4v) is 5.59. The Morgan fingerprint density at radius 2 is 1.83 bits per heavy atom. The molecule has 1 aliphatic heterocycles. The molecule has 1 fully saturated rings. The molecule has 2 aromatic carbocycles. The largest absolute Gasteiger partial charge is 0.444 e. The first-order valence-electron chi connectivity index (χ1n) is 11.8. The van der Waals surface area contributed by atoms with Crippen molar-refractivity contribution in [3.8, 4) is 0 Å². The molecule has 3 atom stereocenters. The second kappa shape index (κ2) is 12.3. The van der Waals surface area contributed by atoms with E-state index < -0.39 is 28.2 Å². The fourth-order valence-electron chi connectivity index (χ4n) is 3.95. The van der Waals surface area contributed by atoms with Gasteiger partial charge in [0.1, 0.15) is 6.10 Å². The summed E-state index contributed by atoms with van der Waals surface area (Å²) >= 11 is 0. The topological polar surface area (TPSA) is 137 Å². The summed E-state index contributed by atoms with van der Waals surface area (Å²) in [5.74, 6) is 0.0682. The zero-order valence-electron chi connectivity index (χ0n) is 20.3. The summed E-state index contributed by atoms with van der Waals surface area (Å²) in [7, 11) is -3.82. The van der Waals surface area contributed by atoms with Gasteiger partial charge in [0.05, 0.1) is 24.2 Å². The van der Waals surface area contributed by atoms with Crippen molar-refractivity contribution in [1.29, 1.82) is 0 Å². The molecule has 35 heavy (non-hydrogen) atoms. The smallest absolute Gasteiger partial charge is 0.407 e. The first-order valence-corrected chi connectivity index (χ1v) is 13.3. The van der Waals surface area contributed by atoms with Gasteiger partial charge < -0.3 is 26.3 Å². The van der Waals surface area contributed by atoms with Crippen LogP contribution in [0.2, 0.25) is 0 Å². The van der Waals surface area contributed by atoms with Gasteiger partial charge in [-0.2, -0.15) is 4.31 Å². The molecule has 0 saturated carbocycles. The van der Waals surface area contributed by atoms with Crippen molar-refractivity contribution in [3.05, 3.63) is 60.2 Å². The minimum absolute atomic E-state index is 0.0230. The molecule has 1 amide bonds. The maximum atomic E-state index is 13.5. The third-order valence-corrected chi connectivity index (χ3v) is 7.63. The van der Waals surface area contributed by atoms with Crippen LogP contribution in [-0.4, -0.2) is 63.3 Å². The summed E-state index contributed by atoms with van der Waals surface area (Å²) in [5.41, 5.74) is 13.8. The number of carbonyl (C=O) groups is 1. The number of hydrogen-bond donors (Lipinski definition) is 3. The normalized spacial score (nSPS) is 17.9. The van der Waals surface area contributed by atoms with E-state index in [1.807, 2.05) is 44.2 Å². The second-order valence-electron chi connectivity index (χ2n) is 9.28. The highest BCUT2D eigenvalue weighted by atomic mass is 32.2. The van der Waals surface area contributed by atoms with Crippen molar-refractivity contribution in [2.75, 3.05) is 32.0 Å². The maximum Gasteiger partial charge on any atom is 0.407 e. The van der Waals surface area contributed by atoms with E-state index in [1.54, 1.807) is 12.1 Å². The molecule has 0 bridgehead atoms. The lowest BCUT2D eigenvalue weighted by Crippen LogP contribution is -2.55. The van der Waals surface area contributed by atoms with E-state index in [2.05, 4.69) is 5.32 Å². The van der Waals surface area contributed by atoms with Crippen LogP contribution in [0.3, 0.4) is 0 Å². The van der Waals surface area contributed by atoms with Gasteiger partial charge in [0, 0.05) is 31.2 Å². The second-order valence-corrected chi connectivity index (χ2v) is 11.2. The number of amides is 1. The van der Waals surface area contributed by atoms with Crippen molar-refractivity contribution in [1.82, 2.24) is 9.62 Å². The average Bonchev–Trinajstić information content (AvgIpc) is 3.31. The van der Waals surface area contributed by atoms with Gasteiger partial charge in [-0.1, -0.05) is 44.2 Å².